The van der Waals surface area contributed by atoms with Crippen molar-refractivity contribution < 1.29 is 9.13 Å². The number of hydrogen-bond donors (Lipinski definition) is 1. The van der Waals surface area contributed by atoms with E-state index in [0.717, 1.165) is 18.7 Å². The zero-order valence-corrected chi connectivity index (χ0v) is 13.4. The number of hydrogen-bond acceptors (Lipinski definition) is 3. The minimum atomic E-state index is -0.394. The van der Waals surface area contributed by atoms with Gasteiger partial charge >= 0.3 is 0 Å². The zero-order valence-electron chi connectivity index (χ0n) is 13.4. The maximum Gasteiger partial charge on any atom is 0.167 e. The smallest absolute Gasteiger partial charge is 0.167 e. The van der Waals surface area contributed by atoms with Crippen LogP contribution in [-0.2, 0) is 0 Å². The van der Waals surface area contributed by atoms with Gasteiger partial charge < -0.3 is 15.4 Å². The first-order valence-electron chi connectivity index (χ1n) is 7.92. The highest BCUT2D eigenvalue weighted by atomic mass is 19.1. The molecule has 1 aliphatic carbocycles. The molecule has 1 saturated carbocycles. The van der Waals surface area contributed by atoms with Crippen molar-refractivity contribution in [2.75, 3.05) is 24.3 Å². The van der Waals surface area contributed by atoms with Gasteiger partial charge in [-0.2, -0.15) is 0 Å². The molecule has 0 aliphatic heterocycles. The third-order valence-corrected chi connectivity index (χ3v) is 4.32. The molecule has 1 aromatic carbocycles. The molecule has 2 rings (SSSR count). The van der Waals surface area contributed by atoms with E-state index in [1.807, 2.05) is 0 Å². The normalized spacial score (nSPS) is 15.7. The van der Waals surface area contributed by atoms with Gasteiger partial charge in [0.2, 0.25) is 0 Å². The summed E-state index contributed by atoms with van der Waals surface area (Å²) in [5.74, 6) is 0.512. The lowest BCUT2D eigenvalue weighted by Gasteiger charge is -2.33. The fourth-order valence-electron chi connectivity index (χ4n) is 3.08. The topological polar surface area (TPSA) is 38.5 Å². The van der Waals surface area contributed by atoms with Gasteiger partial charge in [0.15, 0.2) is 11.6 Å². The summed E-state index contributed by atoms with van der Waals surface area (Å²) in [5, 5.41) is 0. The lowest BCUT2D eigenvalue weighted by Crippen LogP contribution is -2.35. The van der Waals surface area contributed by atoms with Gasteiger partial charge in [0, 0.05) is 24.7 Å². The Bertz CT molecular complexity index is 470. The molecule has 0 aromatic heterocycles. The van der Waals surface area contributed by atoms with Gasteiger partial charge in [0.1, 0.15) is 0 Å². The Balaban J connectivity index is 2.30. The number of anilines is 2. The van der Waals surface area contributed by atoms with Crippen molar-refractivity contribution in [3.05, 3.63) is 17.9 Å². The number of nitrogens with two attached hydrogens (primary N) is 1. The van der Waals surface area contributed by atoms with Gasteiger partial charge in [0.25, 0.3) is 0 Å². The Morgan fingerprint density at radius 3 is 2.57 bits per heavy atom. The van der Waals surface area contributed by atoms with Crippen molar-refractivity contribution in [3.63, 3.8) is 0 Å². The van der Waals surface area contributed by atoms with Gasteiger partial charge in [-0.25, -0.2) is 4.39 Å². The highest BCUT2D eigenvalue weighted by Crippen LogP contribution is 2.36. The van der Waals surface area contributed by atoms with Crippen molar-refractivity contribution in [1.29, 1.82) is 0 Å². The molecule has 0 heterocycles. The molecule has 0 bridgehead atoms. The first-order valence-corrected chi connectivity index (χ1v) is 7.92. The predicted octanol–water partition coefficient (Wildman–Crippen LogP) is 4.21. The van der Waals surface area contributed by atoms with Crippen LogP contribution in [0.5, 0.6) is 5.75 Å². The van der Waals surface area contributed by atoms with Crippen LogP contribution in [0.2, 0.25) is 0 Å². The number of ether oxygens (including phenoxy) is 1. The lowest BCUT2D eigenvalue weighted by atomic mass is 10.1. The van der Waals surface area contributed by atoms with Crippen molar-refractivity contribution >= 4 is 11.4 Å². The van der Waals surface area contributed by atoms with Crippen LogP contribution in [0.4, 0.5) is 15.8 Å². The maximum atomic E-state index is 13.8. The highest BCUT2D eigenvalue weighted by molar-refractivity contribution is 5.70. The largest absolute Gasteiger partial charge is 0.494 e. The molecule has 21 heavy (non-hydrogen) atoms. The quantitative estimate of drug-likeness (QED) is 0.799. The summed E-state index contributed by atoms with van der Waals surface area (Å²) in [6.45, 7) is 5.41. The SMILES string of the molecule is COc1cc(N(CCC(C)C)C2CCCC2)c(N)cc1F. The molecule has 1 fully saturated rings. The van der Waals surface area contributed by atoms with Gasteiger partial charge in [-0.05, 0) is 25.2 Å². The van der Waals surface area contributed by atoms with Crippen LogP contribution in [0, 0.1) is 11.7 Å². The van der Waals surface area contributed by atoms with Crippen LogP contribution < -0.4 is 15.4 Å². The van der Waals surface area contributed by atoms with Crippen molar-refractivity contribution in [2.45, 2.75) is 52.0 Å². The Labute approximate surface area is 127 Å². The molecule has 0 atom stereocenters. The number of benzene rings is 1. The second-order valence-electron chi connectivity index (χ2n) is 6.36. The standard InChI is InChI=1S/C17H27FN2O/c1-12(2)8-9-20(13-6-4-5-7-13)16-11-17(21-3)14(18)10-15(16)19/h10-13H,4-9,19H2,1-3H3. The lowest BCUT2D eigenvalue weighted by molar-refractivity contribution is 0.386. The zero-order chi connectivity index (χ0) is 15.4. The predicted molar refractivity (Wildman–Crippen MR) is 86.4 cm³/mol. The van der Waals surface area contributed by atoms with E-state index in [4.69, 9.17) is 10.5 Å². The number of nitrogens with zero attached hydrogens (tertiary/aromatic N) is 1. The molecular formula is C17H27FN2O. The third-order valence-electron chi connectivity index (χ3n) is 4.32. The molecule has 0 unspecified atom stereocenters. The summed E-state index contributed by atoms with van der Waals surface area (Å²) in [7, 11) is 1.49. The van der Waals surface area contributed by atoms with E-state index in [9.17, 15) is 4.39 Å². The van der Waals surface area contributed by atoms with E-state index in [-0.39, 0.29) is 5.75 Å². The highest BCUT2D eigenvalue weighted by Gasteiger charge is 2.25. The minimum Gasteiger partial charge on any atom is -0.494 e. The van der Waals surface area contributed by atoms with Crippen molar-refractivity contribution in [1.82, 2.24) is 0 Å². The monoisotopic (exact) mass is 294 g/mol. The summed E-state index contributed by atoms with van der Waals surface area (Å²) >= 11 is 0. The Morgan fingerprint density at radius 1 is 1.33 bits per heavy atom. The fraction of sp³-hybridized carbons (Fsp3) is 0.647. The van der Waals surface area contributed by atoms with Crippen LogP contribution in [0.1, 0.15) is 46.0 Å². The summed E-state index contributed by atoms with van der Waals surface area (Å²) in [5.41, 5.74) is 7.50. The van der Waals surface area contributed by atoms with E-state index in [1.165, 1.54) is 38.9 Å². The number of nitrogen functional groups attached to an aromatic ring is 1. The summed E-state index contributed by atoms with van der Waals surface area (Å²) in [6.07, 6.45) is 6.02. The molecule has 0 saturated heterocycles. The van der Waals surface area contributed by atoms with Gasteiger partial charge in [-0.1, -0.05) is 26.7 Å². The Morgan fingerprint density at radius 2 is 2.00 bits per heavy atom. The van der Waals surface area contributed by atoms with Crippen LogP contribution in [-0.4, -0.2) is 19.7 Å². The number of halogens is 1. The van der Waals surface area contributed by atoms with Crippen LogP contribution in [0.3, 0.4) is 0 Å². The van der Waals surface area contributed by atoms with E-state index in [1.54, 1.807) is 6.07 Å². The summed E-state index contributed by atoms with van der Waals surface area (Å²) in [6, 6.07) is 3.65. The molecule has 0 spiro atoms. The van der Waals surface area contributed by atoms with Gasteiger partial charge in [-0.15, -0.1) is 0 Å². The van der Waals surface area contributed by atoms with E-state index in [0.29, 0.717) is 17.6 Å². The molecule has 118 valence electrons. The Kier molecular flexibility index (Phi) is 5.32. The average Bonchev–Trinajstić information content (AvgIpc) is 2.94. The Hall–Kier alpha value is -1.45. The first kappa shape index (κ1) is 15.9. The van der Waals surface area contributed by atoms with Gasteiger partial charge in [-0.3, -0.25) is 0 Å². The number of rotatable bonds is 6. The molecule has 0 amide bonds. The maximum absolute atomic E-state index is 13.8. The molecule has 3 nitrogen and oxygen atoms in total. The summed E-state index contributed by atoms with van der Waals surface area (Å²) < 4.78 is 18.9. The second-order valence-corrected chi connectivity index (χ2v) is 6.36. The molecule has 2 N–H and O–H groups in total. The van der Waals surface area contributed by atoms with Crippen LogP contribution in [0.25, 0.3) is 0 Å². The van der Waals surface area contributed by atoms with Crippen LogP contribution in [0.15, 0.2) is 12.1 Å². The molecule has 4 heteroatoms. The average molecular weight is 294 g/mol. The van der Waals surface area contributed by atoms with E-state index in [2.05, 4.69) is 18.7 Å². The van der Waals surface area contributed by atoms with E-state index < -0.39 is 5.82 Å². The fourth-order valence-corrected chi connectivity index (χ4v) is 3.08. The number of methoxy groups -OCH3 is 1. The van der Waals surface area contributed by atoms with Gasteiger partial charge in [0.05, 0.1) is 18.5 Å². The minimum absolute atomic E-state index is 0.270. The van der Waals surface area contributed by atoms with Crippen molar-refractivity contribution in [2.24, 2.45) is 5.92 Å². The summed E-state index contributed by atoms with van der Waals surface area (Å²) in [4.78, 5) is 2.37. The van der Waals surface area contributed by atoms with Crippen LogP contribution >= 0.6 is 0 Å². The third kappa shape index (κ3) is 3.80. The molecular weight excluding hydrogens is 267 g/mol. The molecule has 1 aliphatic rings. The van der Waals surface area contributed by atoms with E-state index >= 15 is 0 Å². The second kappa shape index (κ2) is 7.01. The first-order chi connectivity index (χ1) is 10.0. The molecule has 1 aromatic rings. The van der Waals surface area contributed by atoms with Crippen molar-refractivity contribution in [3.8, 4) is 5.75 Å². The molecule has 0 radical (unpaired) electrons.